The molecule has 6 heteroatoms. The average molecular weight is 289 g/mol. The molecule has 0 bridgehead atoms. The minimum Gasteiger partial charge on any atom is -0.497 e. The molecular formula is C15H19N3O3. The third-order valence-corrected chi connectivity index (χ3v) is 4.00. The Morgan fingerprint density at radius 3 is 2.90 bits per heavy atom. The molecule has 1 aromatic heterocycles. The van der Waals surface area contributed by atoms with E-state index in [-0.39, 0.29) is 17.3 Å². The van der Waals surface area contributed by atoms with Gasteiger partial charge in [0.1, 0.15) is 5.75 Å². The van der Waals surface area contributed by atoms with Gasteiger partial charge in [0.05, 0.1) is 18.0 Å². The van der Waals surface area contributed by atoms with Gasteiger partial charge in [-0.15, -0.1) is 0 Å². The van der Waals surface area contributed by atoms with Crippen molar-refractivity contribution >= 4 is 10.9 Å². The van der Waals surface area contributed by atoms with Gasteiger partial charge in [-0.1, -0.05) is 6.42 Å². The van der Waals surface area contributed by atoms with Gasteiger partial charge < -0.3 is 15.0 Å². The molecule has 2 N–H and O–H groups in total. The van der Waals surface area contributed by atoms with Crippen molar-refractivity contribution in [1.82, 2.24) is 14.9 Å². The molecule has 1 atom stereocenters. The first kappa shape index (κ1) is 13.9. The van der Waals surface area contributed by atoms with Crippen molar-refractivity contribution in [3.63, 3.8) is 0 Å². The Hall–Kier alpha value is -2.08. The molecular weight excluding hydrogens is 270 g/mol. The minimum absolute atomic E-state index is 0.181. The van der Waals surface area contributed by atoms with Gasteiger partial charge in [-0.3, -0.25) is 9.36 Å². The number of hydrogen-bond acceptors (Lipinski definition) is 4. The first-order valence-electron chi connectivity index (χ1n) is 7.23. The number of benzene rings is 1. The van der Waals surface area contributed by atoms with Crippen LogP contribution in [-0.2, 0) is 6.54 Å². The molecule has 1 unspecified atom stereocenters. The maximum Gasteiger partial charge on any atom is 0.328 e. The van der Waals surface area contributed by atoms with Crippen LogP contribution >= 0.6 is 0 Å². The van der Waals surface area contributed by atoms with Crippen LogP contribution in [0.5, 0.6) is 5.75 Å². The van der Waals surface area contributed by atoms with Crippen LogP contribution in [-0.4, -0.2) is 29.2 Å². The molecule has 112 valence electrons. The lowest BCUT2D eigenvalue weighted by molar-refractivity contribution is 0.355. The predicted molar refractivity (Wildman–Crippen MR) is 81.0 cm³/mol. The largest absolute Gasteiger partial charge is 0.497 e. The van der Waals surface area contributed by atoms with E-state index in [4.69, 9.17) is 4.74 Å². The summed E-state index contributed by atoms with van der Waals surface area (Å²) < 4.78 is 6.43. The van der Waals surface area contributed by atoms with Crippen molar-refractivity contribution in [2.24, 2.45) is 0 Å². The first-order valence-corrected chi connectivity index (χ1v) is 7.23. The SMILES string of the molecule is COc1ccc2[nH]c(=O)n(CC3CCCCN3)c(=O)c2c1. The van der Waals surface area contributed by atoms with E-state index in [0.717, 1.165) is 25.8 Å². The molecule has 2 aromatic rings. The van der Waals surface area contributed by atoms with E-state index >= 15 is 0 Å². The van der Waals surface area contributed by atoms with E-state index in [2.05, 4.69) is 10.3 Å². The van der Waals surface area contributed by atoms with Gasteiger partial charge in [-0.25, -0.2) is 4.79 Å². The highest BCUT2D eigenvalue weighted by atomic mass is 16.5. The maximum absolute atomic E-state index is 12.6. The Kier molecular flexibility index (Phi) is 3.79. The highest BCUT2D eigenvalue weighted by molar-refractivity contribution is 5.78. The number of aromatic nitrogens is 2. The third-order valence-electron chi connectivity index (χ3n) is 4.00. The highest BCUT2D eigenvalue weighted by Crippen LogP contribution is 2.15. The maximum atomic E-state index is 12.6. The highest BCUT2D eigenvalue weighted by Gasteiger charge is 2.16. The summed E-state index contributed by atoms with van der Waals surface area (Å²) >= 11 is 0. The Morgan fingerprint density at radius 2 is 2.19 bits per heavy atom. The van der Waals surface area contributed by atoms with Crippen LogP contribution in [0.3, 0.4) is 0 Å². The molecule has 0 amide bonds. The van der Waals surface area contributed by atoms with Gasteiger partial charge in [0.2, 0.25) is 0 Å². The number of rotatable bonds is 3. The summed E-state index contributed by atoms with van der Waals surface area (Å²) in [6.07, 6.45) is 3.27. The zero-order chi connectivity index (χ0) is 14.8. The summed E-state index contributed by atoms with van der Waals surface area (Å²) in [6, 6.07) is 5.27. The second-order valence-corrected chi connectivity index (χ2v) is 5.40. The standard InChI is InChI=1S/C15H19N3O3/c1-21-11-5-6-13-12(8-11)14(19)18(15(20)17-13)9-10-4-2-3-7-16-10/h5-6,8,10,16H,2-4,7,9H2,1H3,(H,17,20). The fourth-order valence-electron chi connectivity index (χ4n) is 2.82. The van der Waals surface area contributed by atoms with Crippen molar-refractivity contribution in [3.05, 3.63) is 39.0 Å². The van der Waals surface area contributed by atoms with Crippen LogP contribution in [0.1, 0.15) is 19.3 Å². The Balaban J connectivity index is 2.05. The van der Waals surface area contributed by atoms with Crippen molar-refractivity contribution in [3.8, 4) is 5.75 Å². The van der Waals surface area contributed by atoms with Gasteiger partial charge >= 0.3 is 5.69 Å². The Morgan fingerprint density at radius 1 is 1.33 bits per heavy atom. The average Bonchev–Trinajstić information content (AvgIpc) is 2.52. The van der Waals surface area contributed by atoms with Gasteiger partial charge in [0.15, 0.2) is 0 Å². The minimum atomic E-state index is -0.356. The molecule has 0 saturated carbocycles. The molecule has 1 aliphatic heterocycles. The zero-order valence-electron chi connectivity index (χ0n) is 12.0. The molecule has 0 radical (unpaired) electrons. The monoisotopic (exact) mass is 289 g/mol. The zero-order valence-corrected chi connectivity index (χ0v) is 12.0. The molecule has 1 fully saturated rings. The summed E-state index contributed by atoms with van der Waals surface area (Å²) in [7, 11) is 1.55. The van der Waals surface area contributed by atoms with E-state index in [0.29, 0.717) is 23.2 Å². The molecule has 1 saturated heterocycles. The summed E-state index contributed by atoms with van der Waals surface area (Å²) in [5.41, 5.74) is -0.0799. The number of H-pyrrole nitrogens is 1. The second-order valence-electron chi connectivity index (χ2n) is 5.40. The number of piperidine rings is 1. The van der Waals surface area contributed by atoms with Crippen molar-refractivity contribution < 1.29 is 4.74 Å². The predicted octanol–water partition coefficient (Wildman–Crippen LogP) is 0.840. The molecule has 2 heterocycles. The van der Waals surface area contributed by atoms with E-state index in [9.17, 15) is 9.59 Å². The molecule has 21 heavy (non-hydrogen) atoms. The van der Waals surface area contributed by atoms with Crippen molar-refractivity contribution in [2.45, 2.75) is 31.8 Å². The number of hydrogen-bond donors (Lipinski definition) is 2. The summed E-state index contributed by atoms with van der Waals surface area (Å²) in [6.45, 7) is 1.35. The number of methoxy groups -OCH3 is 1. The third kappa shape index (κ3) is 2.71. The smallest absolute Gasteiger partial charge is 0.328 e. The van der Waals surface area contributed by atoms with E-state index < -0.39 is 0 Å². The Labute approximate surface area is 121 Å². The molecule has 1 aliphatic rings. The van der Waals surface area contributed by atoms with E-state index in [1.54, 1.807) is 25.3 Å². The van der Waals surface area contributed by atoms with E-state index in [1.165, 1.54) is 4.57 Å². The van der Waals surface area contributed by atoms with Crippen LogP contribution in [0.4, 0.5) is 0 Å². The molecule has 1 aromatic carbocycles. The van der Waals surface area contributed by atoms with Crippen LogP contribution in [0, 0.1) is 0 Å². The summed E-state index contributed by atoms with van der Waals surface area (Å²) in [5, 5.41) is 3.83. The number of aromatic amines is 1. The van der Waals surface area contributed by atoms with Gasteiger partial charge in [0, 0.05) is 12.6 Å². The lowest BCUT2D eigenvalue weighted by atomic mass is 10.1. The number of nitrogens with zero attached hydrogens (tertiary/aromatic N) is 1. The quantitative estimate of drug-likeness (QED) is 0.878. The van der Waals surface area contributed by atoms with Gasteiger partial charge in [-0.2, -0.15) is 0 Å². The summed E-state index contributed by atoms with van der Waals surface area (Å²) in [5.74, 6) is 0.606. The van der Waals surface area contributed by atoms with Crippen LogP contribution in [0.25, 0.3) is 10.9 Å². The van der Waals surface area contributed by atoms with Gasteiger partial charge in [0.25, 0.3) is 5.56 Å². The van der Waals surface area contributed by atoms with Crippen LogP contribution in [0.2, 0.25) is 0 Å². The number of ether oxygens (including phenoxy) is 1. The molecule has 0 spiro atoms. The molecule has 6 nitrogen and oxygen atoms in total. The molecule has 0 aliphatic carbocycles. The fourth-order valence-corrected chi connectivity index (χ4v) is 2.82. The van der Waals surface area contributed by atoms with Crippen LogP contribution < -0.4 is 21.3 Å². The number of fused-ring (bicyclic) bond motifs is 1. The van der Waals surface area contributed by atoms with E-state index in [1.807, 2.05) is 0 Å². The van der Waals surface area contributed by atoms with Crippen LogP contribution in [0.15, 0.2) is 27.8 Å². The lowest BCUT2D eigenvalue weighted by Crippen LogP contribution is -2.44. The normalized spacial score (nSPS) is 18.8. The second kappa shape index (κ2) is 5.73. The summed E-state index contributed by atoms with van der Waals surface area (Å²) in [4.78, 5) is 27.4. The lowest BCUT2D eigenvalue weighted by Gasteiger charge is -2.23. The topological polar surface area (TPSA) is 76.1 Å². The first-order chi connectivity index (χ1) is 10.2. The fraction of sp³-hybridized carbons (Fsp3) is 0.467. The van der Waals surface area contributed by atoms with Crippen molar-refractivity contribution in [2.75, 3.05) is 13.7 Å². The van der Waals surface area contributed by atoms with Crippen molar-refractivity contribution in [1.29, 1.82) is 0 Å². The van der Waals surface area contributed by atoms with Gasteiger partial charge in [-0.05, 0) is 37.6 Å². The Bertz CT molecular complexity index is 757. The number of nitrogens with one attached hydrogen (secondary N) is 2. The molecule has 3 rings (SSSR count).